The number of anilines is 1. The lowest BCUT2D eigenvalue weighted by molar-refractivity contribution is -0.286. The van der Waals surface area contributed by atoms with Crippen LogP contribution in [0.5, 0.6) is 11.5 Å². The van der Waals surface area contributed by atoms with Crippen molar-refractivity contribution >= 4 is 17.0 Å². The van der Waals surface area contributed by atoms with Gasteiger partial charge in [-0.15, -0.1) is 20.1 Å². The second-order valence-corrected chi connectivity index (χ2v) is 5.71. The Morgan fingerprint density at radius 2 is 2.00 bits per heavy atom. The first-order valence-corrected chi connectivity index (χ1v) is 6.81. The van der Waals surface area contributed by atoms with Crippen LogP contribution in [0.1, 0.15) is 15.6 Å². The minimum absolute atomic E-state index is 0.0391. The van der Waals surface area contributed by atoms with E-state index in [0.29, 0.717) is 12.2 Å². The minimum atomic E-state index is -3.58. The number of ether oxygens (including phenoxy) is 2. The molecule has 7 heteroatoms. The minimum Gasteiger partial charge on any atom is -0.395 e. The van der Waals surface area contributed by atoms with Crippen molar-refractivity contribution in [2.75, 3.05) is 5.32 Å². The second-order valence-electron chi connectivity index (χ2n) is 4.42. The van der Waals surface area contributed by atoms with Crippen molar-refractivity contribution < 1.29 is 18.3 Å². The van der Waals surface area contributed by atoms with Crippen molar-refractivity contribution in [3.05, 3.63) is 33.8 Å². The van der Waals surface area contributed by atoms with E-state index in [9.17, 15) is 8.78 Å². The second kappa shape index (κ2) is 4.59. The van der Waals surface area contributed by atoms with E-state index in [1.54, 1.807) is 17.4 Å². The van der Waals surface area contributed by atoms with Gasteiger partial charge in [0.15, 0.2) is 11.5 Å². The molecule has 0 saturated carbocycles. The van der Waals surface area contributed by atoms with Crippen LogP contribution in [-0.2, 0) is 6.54 Å². The van der Waals surface area contributed by atoms with Gasteiger partial charge in [-0.1, -0.05) is 0 Å². The van der Waals surface area contributed by atoms with Crippen LogP contribution in [0, 0.1) is 13.8 Å². The third-order valence-corrected chi connectivity index (χ3v) is 3.93. The zero-order chi connectivity index (χ0) is 14.3. The largest absolute Gasteiger partial charge is 0.586 e. The van der Waals surface area contributed by atoms with Gasteiger partial charge in [0, 0.05) is 16.6 Å². The number of fused-ring (bicyclic) bond motifs is 1. The highest BCUT2D eigenvalue weighted by Gasteiger charge is 2.43. The summed E-state index contributed by atoms with van der Waals surface area (Å²) >= 11 is 1.61. The van der Waals surface area contributed by atoms with Crippen LogP contribution < -0.4 is 14.8 Å². The molecular formula is C13H12F2N2O2S. The summed E-state index contributed by atoms with van der Waals surface area (Å²) in [6.07, 6.45) is -3.58. The Hall–Kier alpha value is -1.89. The van der Waals surface area contributed by atoms with Gasteiger partial charge in [0.25, 0.3) is 0 Å². The van der Waals surface area contributed by atoms with Gasteiger partial charge >= 0.3 is 6.29 Å². The third kappa shape index (κ3) is 2.53. The molecule has 0 unspecified atom stereocenters. The van der Waals surface area contributed by atoms with Crippen molar-refractivity contribution in [3.8, 4) is 11.5 Å². The van der Waals surface area contributed by atoms with Gasteiger partial charge in [0.1, 0.15) is 0 Å². The molecular weight excluding hydrogens is 286 g/mol. The Labute approximate surface area is 118 Å². The maximum atomic E-state index is 12.9. The molecule has 1 aliphatic heterocycles. The van der Waals surface area contributed by atoms with Crippen molar-refractivity contribution in [1.82, 2.24) is 4.98 Å². The Kier molecular flexibility index (Phi) is 3.01. The molecule has 0 atom stereocenters. The molecule has 0 bridgehead atoms. The van der Waals surface area contributed by atoms with Gasteiger partial charge in [-0.2, -0.15) is 0 Å². The molecule has 0 fully saturated rings. The molecule has 3 rings (SSSR count). The number of benzene rings is 1. The Morgan fingerprint density at radius 3 is 2.70 bits per heavy atom. The van der Waals surface area contributed by atoms with Crippen LogP contribution in [0.15, 0.2) is 18.2 Å². The van der Waals surface area contributed by atoms with Crippen LogP contribution in [-0.4, -0.2) is 11.3 Å². The zero-order valence-corrected chi connectivity index (χ0v) is 11.7. The van der Waals surface area contributed by atoms with E-state index in [4.69, 9.17) is 0 Å². The number of halogens is 2. The summed E-state index contributed by atoms with van der Waals surface area (Å²) in [6.45, 7) is 4.48. The monoisotopic (exact) mass is 298 g/mol. The van der Waals surface area contributed by atoms with E-state index < -0.39 is 6.29 Å². The van der Waals surface area contributed by atoms with E-state index >= 15 is 0 Å². The number of hydrogen-bond acceptors (Lipinski definition) is 5. The summed E-state index contributed by atoms with van der Waals surface area (Å²) in [6, 6.07) is 4.63. The number of thiazole rings is 1. The Balaban J connectivity index is 1.72. The van der Waals surface area contributed by atoms with Crippen LogP contribution in [0.3, 0.4) is 0 Å². The van der Waals surface area contributed by atoms with Crippen molar-refractivity contribution in [1.29, 1.82) is 0 Å². The first-order chi connectivity index (χ1) is 9.43. The fourth-order valence-electron chi connectivity index (χ4n) is 1.98. The summed E-state index contributed by atoms with van der Waals surface area (Å²) in [4.78, 5) is 5.45. The summed E-state index contributed by atoms with van der Waals surface area (Å²) in [7, 11) is 0. The van der Waals surface area contributed by atoms with E-state index in [2.05, 4.69) is 19.8 Å². The van der Waals surface area contributed by atoms with Gasteiger partial charge in [-0.3, -0.25) is 0 Å². The van der Waals surface area contributed by atoms with E-state index in [1.165, 1.54) is 12.1 Å². The number of hydrogen-bond donors (Lipinski definition) is 1. The van der Waals surface area contributed by atoms with E-state index in [-0.39, 0.29) is 11.5 Å². The topological polar surface area (TPSA) is 43.4 Å². The molecule has 0 aliphatic carbocycles. The summed E-state index contributed by atoms with van der Waals surface area (Å²) < 4.78 is 34.6. The lowest BCUT2D eigenvalue weighted by atomic mass is 10.2. The van der Waals surface area contributed by atoms with Gasteiger partial charge in [0.2, 0.25) is 0 Å². The normalized spacial score (nSPS) is 15.4. The molecule has 0 spiro atoms. The molecule has 1 aromatic heterocycles. The average molecular weight is 298 g/mol. The number of rotatable bonds is 3. The lowest BCUT2D eigenvalue weighted by Crippen LogP contribution is -2.25. The van der Waals surface area contributed by atoms with Crippen molar-refractivity contribution in [2.45, 2.75) is 26.7 Å². The molecule has 4 nitrogen and oxygen atoms in total. The molecule has 2 heterocycles. The van der Waals surface area contributed by atoms with Crippen LogP contribution in [0.2, 0.25) is 0 Å². The predicted octanol–water partition coefficient (Wildman–Crippen LogP) is 3.69. The van der Waals surface area contributed by atoms with E-state index in [1.807, 2.05) is 13.8 Å². The molecule has 20 heavy (non-hydrogen) atoms. The molecule has 1 aliphatic rings. The first-order valence-electron chi connectivity index (χ1n) is 6.00. The molecule has 0 amide bonds. The highest BCUT2D eigenvalue weighted by atomic mass is 32.1. The molecule has 1 aromatic carbocycles. The molecule has 0 radical (unpaired) electrons. The Bertz CT molecular complexity index is 658. The lowest BCUT2D eigenvalue weighted by Gasteiger charge is -2.06. The summed E-state index contributed by atoms with van der Waals surface area (Å²) in [5, 5.41) is 4.17. The number of alkyl halides is 2. The van der Waals surface area contributed by atoms with Crippen LogP contribution in [0.25, 0.3) is 0 Å². The molecule has 106 valence electrons. The molecule has 2 aromatic rings. The van der Waals surface area contributed by atoms with Crippen molar-refractivity contribution in [2.24, 2.45) is 0 Å². The number of nitrogens with zero attached hydrogens (tertiary/aromatic N) is 1. The highest BCUT2D eigenvalue weighted by molar-refractivity contribution is 7.11. The van der Waals surface area contributed by atoms with Crippen molar-refractivity contribution in [3.63, 3.8) is 0 Å². The third-order valence-electron chi connectivity index (χ3n) is 2.85. The highest BCUT2D eigenvalue weighted by Crippen LogP contribution is 2.42. The summed E-state index contributed by atoms with van der Waals surface area (Å²) in [5.74, 6) is 0.0857. The fourth-order valence-corrected chi connectivity index (χ4v) is 2.86. The molecule has 1 N–H and O–H groups in total. The summed E-state index contributed by atoms with van der Waals surface area (Å²) in [5.41, 5.74) is 1.67. The fraction of sp³-hybridized carbons (Fsp3) is 0.308. The van der Waals surface area contributed by atoms with Crippen LogP contribution in [0.4, 0.5) is 14.5 Å². The number of aryl methyl sites for hydroxylation is 2. The van der Waals surface area contributed by atoms with Crippen LogP contribution >= 0.6 is 11.3 Å². The zero-order valence-electron chi connectivity index (χ0n) is 10.9. The maximum absolute atomic E-state index is 12.9. The first kappa shape index (κ1) is 13.1. The van der Waals surface area contributed by atoms with Gasteiger partial charge in [0.05, 0.1) is 17.2 Å². The van der Waals surface area contributed by atoms with E-state index in [0.717, 1.165) is 15.6 Å². The number of aromatic nitrogens is 1. The average Bonchev–Trinajstić information content (AvgIpc) is 2.83. The van der Waals surface area contributed by atoms with Gasteiger partial charge in [-0.25, -0.2) is 4.98 Å². The predicted molar refractivity (Wildman–Crippen MR) is 71.6 cm³/mol. The SMILES string of the molecule is Cc1nc(C)c(CNc2ccc3c(c2)OC(F)(F)O3)s1. The maximum Gasteiger partial charge on any atom is 0.586 e. The Morgan fingerprint density at radius 1 is 1.25 bits per heavy atom. The number of nitrogens with one attached hydrogen (secondary N) is 1. The quantitative estimate of drug-likeness (QED) is 0.938. The molecule has 0 saturated heterocycles. The van der Waals surface area contributed by atoms with Gasteiger partial charge in [-0.05, 0) is 26.0 Å². The smallest absolute Gasteiger partial charge is 0.395 e. The standard InChI is InChI=1S/C13H12F2N2O2S/c1-7-12(20-8(2)17-7)6-16-9-3-4-10-11(5-9)19-13(14,15)18-10/h3-5,16H,6H2,1-2H3. The van der Waals surface area contributed by atoms with Gasteiger partial charge < -0.3 is 14.8 Å².